The molecule has 0 saturated heterocycles. The molecule has 0 spiro atoms. The number of hydrogen-bond donors (Lipinski definition) is 2. The molecule has 2 aromatic rings. The monoisotopic (exact) mass is 378 g/mol. The summed E-state index contributed by atoms with van der Waals surface area (Å²) in [7, 11) is 3.49. The molecule has 1 aliphatic rings. The molecule has 142 valence electrons. The van der Waals surface area contributed by atoms with E-state index in [-0.39, 0.29) is 42.6 Å². The fourth-order valence-electron chi connectivity index (χ4n) is 3.59. The summed E-state index contributed by atoms with van der Waals surface area (Å²) in [6.07, 6.45) is 4.90. The smallest absolute Gasteiger partial charge is 0.241 e. The fraction of sp³-hybridized carbons (Fsp3) is 0.474. The van der Waals surface area contributed by atoms with Crippen LogP contribution in [-0.2, 0) is 16.1 Å². The minimum Gasteiger partial charge on any atom is -0.347 e. The zero-order valence-corrected chi connectivity index (χ0v) is 16.1. The van der Waals surface area contributed by atoms with Gasteiger partial charge in [-0.2, -0.15) is 0 Å². The number of carbonyl (C=O) groups is 2. The first-order valence-corrected chi connectivity index (χ1v) is 8.79. The Kier molecular flexibility index (Phi) is 6.67. The normalized spacial score (nSPS) is 19.2. The first-order valence-electron chi connectivity index (χ1n) is 8.79. The van der Waals surface area contributed by atoms with Gasteiger partial charge in [0.1, 0.15) is 6.54 Å². The first-order chi connectivity index (χ1) is 12.0. The summed E-state index contributed by atoms with van der Waals surface area (Å²) in [6, 6.07) is 7.79. The number of likely N-dealkylation sites (N-methyl/N-ethyl adjacent to an activating group) is 1. The van der Waals surface area contributed by atoms with Crippen molar-refractivity contribution >= 4 is 40.8 Å². The molecule has 1 fully saturated rings. The van der Waals surface area contributed by atoms with E-state index in [0.29, 0.717) is 6.54 Å². The van der Waals surface area contributed by atoms with Crippen molar-refractivity contribution < 1.29 is 9.59 Å². The molecule has 1 aliphatic carbocycles. The fourth-order valence-corrected chi connectivity index (χ4v) is 3.59. The number of anilines is 1. The van der Waals surface area contributed by atoms with Crippen LogP contribution in [-0.4, -0.2) is 41.9 Å². The third kappa shape index (κ3) is 4.19. The third-order valence-electron chi connectivity index (χ3n) is 5.14. The Morgan fingerprint density at radius 1 is 1.27 bits per heavy atom. The highest BCUT2D eigenvalue weighted by Crippen LogP contribution is 2.32. The first kappa shape index (κ1) is 20.3. The number of amides is 2. The van der Waals surface area contributed by atoms with Crippen LogP contribution in [0, 0.1) is 11.8 Å². The van der Waals surface area contributed by atoms with Crippen LogP contribution in [0.2, 0.25) is 0 Å². The Labute approximate surface area is 160 Å². The lowest BCUT2D eigenvalue weighted by Crippen LogP contribution is -2.29. The van der Waals surface area contributed by atoms with Crippen molar-refractivity contribution in [3.8, 4) is 0 Å². The lowest BCUT2D eigenvalue weighted by Gasteiger charge is -2.17. The van der Waals surface area contributed by atoms with Crippen molar-refractivity contribution in [3.63, 3.8) is 0 Å². The van der Waals surface area contributed by atoms with Crippen molar-refractivity contribution in [1.82, 2.24) is 9.47 Å². The number of rotatable bonds is 5. The van der Waals surface area contributed by atoms with Crippen LogP contribution < -0.4 is 11.1 Å². The molecule has 1 saturated carbocycles. The number of nitrogens with two attached hydrogens (primary N) is 1. The number of aromatic nitrogens is 1. The Morgan fingerprint density at radius 2 is 2.04 bits per heavy atom. The average Bonchev–Trinajstić information content (AvgIpc) is 3.21. The highest BCUT2D eigenvalue weighted by Gasteiger charge is 2.31. The van der Waals surface area contributed by atoms with Gasteiger partial charge in [0.25, 0.3) is 0 Å². The Bertz CT molecular complexity index is 787. The molecule has 3 rings (SSSR count). The molecule has 3 N–H and O–H groups in total. The van der Waals surface area contributed by atoms with Crippen LogP contribution in [0.5, 0.6) is 0 Å². The van der Waals surface area contributed by atoms with Gasteiger partial charge in [-0.25, -0.2) is 0 Å². The summed E-state index contributed by atoms with van der Waals surface area (Å²) in [6.45, 7) is 0.846. The van der Waals surface area contributed by atoms with Crippen molar-refractivity contribution in [2.24, 2.45) is 17.6 Å². The lowest BCUT2D eigenvalue weighted by atomic mass is 9.95. The summed E-state index contributed by atoms with van der Waals surface area (Å²) in [4.78, 5) is 26.1. The van der Waals surface area contributed by atoms with E-state index in [1.807, 2.05) is 35.0 Å². The summed E-state index contributed by atoms with van der Waals surface area (Å²) >= 11 is 0. The maximum Gasteiger partial charge on any atom is 0.241 e. The van der Waals surface area contributed by atoms with Crippen molar-refractivity contribution in [1.29, 1.82) is 0 Å². The number of carbonyl (C=O) groups excluding carboxylic acids is 2. The molecule has 1 aromatic carbocycles. The molecule has 2 amide bonds. The van der Waals surface area contributed by atoms with E-state index >= 15 is 0 Å². The number of nitrogens with one attached hydrogen (secondary N) is 1. The second-order valence-electron chi connectivity index (χ2n) is 7.03. The van der Waals surface area contributed by atoms with E-state index in [2.05, 4.69) is 5.32 Å². The summed E-state index contributed by atoms with van der Waals surface area (Å²) in [5, 5.41) is 4.08. The zero-order valence-electron chi connectivity index (χ0n) is 15.3. The Morgan fingerprint density at radius 3 is 2.73 bits per heavy atom. The summed E-state index contributed by atoms with van der Waals surface area (Å²) in [5.74, 6) is 0.367. The standard InChI is InChI=1S/C19H26N4O2.ClH/c1-22(2)18(24)12-23-9-8-13-6-7-15(10-17(13)23)21-19(25)16-5-3-4-14(16)11-20;/h6-10,14,16H,3-5,11-12,20H2,1-2H3,(H,21,25);1H/t14-,16-;/m1./s1. The molecule has 1 heterocycles. The van der Waals surface area contributed by atoms with Gasteiger partial charge < -0.3 is 20.5 Å². The van der Waals surface area contributed by atoms with Gasteiger partial charge in [0, 0.05) is 31.9 Å². The van der Waals surface area contributed by atoms with Gasteiger partial charge in [0.05, 0.1) is 5.52 Å². The van der Waals surface area contributed by atoms with Gasteiger partial charge in [-0.3, -0.25) is 9.59 Å². The van der Waals surface area contributed by atoms with E-state index in [4.69, 9.17) is 5.73 Å². The maximum absolute atomic E-state index is 12.6. The predicted molar refractivity (Wildman–Crippen MR) is 106 cm³/mol. The number of hydrogen-bond acceptors (Lipinski definition) is 3. The molecule has 2 atom stereocenters. The second-order valence-corrected chi connectivity index (χ2v) is 7.03. The molecule has 0 radical (unpaired) electrons. The van der Waals surface area contributed by atoms with Gasteiger partial charge in [-0.05, 0) is 48.9 Å². The second kappa shape index (κ2) is 8.56. The lowest BCUT2D eigenvalue weighted by molar-refractivity contribution is -0.129. The summed E-state index contributed by atoms with van der Waals surface area (Å²) < 4.78 is 1.91. The van der Waals surface area contributed by atoms with Crippen molar-refractivity contribution in [2.45, 2.75) is 25.8 Å². The topological polar surface area (TPSA) is 80.4 Å². The Hall–Kier alpha value is -2.05. The SMILES string of the molecule is CN(C)C(=O)Cn1ccc2ccc(NC(=O)[C@@H]3CCC[C@@H]3CN)cc21.Cl. The van der Waals surface area contributed by atoms with E-state index in [9.17, 15) is 9.59 Å². The number of benzene rings is 1. The Balaban J connectivity index is 0.00000243. The molecule has 0 unspecified atom stereocenters. The zero-order chi connectivity index (χ0) is 18.0. The van der Waals surface area contributed by atoms with Gasteiger partial charge >= 0.3 is 0 Å². The largest absolute Gasteiger partial charge is 0.347 e. The minimum absolute atomic E-state index is 0. The third-order valence-corrected chi connectivity index (χ3v) is 5.14. The molecule has 7 heteroatoms. The van der Waals surface area contributed by atoms with Crippen LogP contribution in [0.3, 0.4) is 0 Å². The van der Waals surface area contributed by atoms with Gasteiger partial charge in [-0.1, -0.05) is 12.5 Å². The van der Waals surface area contributed by atoms with Gasteiger partial charge in [0.2, 0.25) is 11.8 Å². The van der Waals surface area contributed by atoms with E-state index in [0.717, 1.165) is 35.9 Å². The molecule has 0 bridgehead atoms. The number of halogens is 1. The van der Waals surface area contributed by atoms with E-state index in [1.165, 1.54) is 0 Å². The van der Waals surface area contributed by atoms with Crippen molar-refractivity contribution in [3.05, 3.63) is 30.5 Å². The quantitative estimate of drug-likeness (QED) is 0.838. The highest BCUT2D eigenvalue weighted by molar-refractivity contribution is 5.95. The van der Waals surface area contributed by atoms with Crippen LogP contribution in [0.25, 0.3) is 10.9 Å². The minimum atomic E-state index is 0. The molecular weight excluding hydrogens is 352 g/mol. The van der Waals surface area contributed by atoms with Gasteiger partial charge in [0.15, 0.2) is 0 Å². The van der Waals surface area contributed by atoms with Crippen LogP contribution in [0.4, 0.5) is 5.69 Å². The maximum atomic E-state index is 12.6. The number of fused-ring (bicyclic) bond motifs is 1. The highest BCUT2D eigenvalue weighted by atomic mass is 35.5. The van der Waals surface area contributed by atoms with Gasteiger partial charge in [-0.15, -0.1) is 12.4 Å². The van der Waals surface area contributed by atoms with E-state index < -0.39 is 0 Å². The average molecular weight is 379 g/mol. The van der Waals surface area contributed by atoms with Crippen LogP contribution in [0.15, 0.2) is 30.5 Å². The van der Waals surface area contributed by atoms with Crippen LogP contribution >= 0.6 is 12.4 Å². The van der Waals surface area contributed by atoms with Crippen molar-refractivity contribution in [2.75, 3.05) is 26.0 Å². The molecule has 26 heavy (non-hydrogen) atoms. The molecule has 1 aromatic heterocycles. The molecule has 6 nitrogen and oxygen atoms in total. The predicted octanol–water partition coefficient (Wildman–Crippen LogP) is 2.46. The summed E-state index contributed by atoms with van der Waals surface area (Å²) in [5.41, 5.74) is 7.49. The number of nitrogens with zero attached hydrogens (tertiary/aromatic N) is 2. The van der Waals surface area contributed by atoms with E-state index in [1.54, 1.807) is 19.0 Å². The molecule has 0 aliphatic heterocycles. The molecular formula is C19H27ClN4O2. The van der Waals surface area contributed by atoms with Crippen LogP contribution in [0.1, 0.15) is 19.3 Å².